The summed E-state index contributed by atoms with van der Waals surface area (Å²) in [5, 5.41) is 6.50. The smallest absolute Gasteiger partial charge is 0.0462 e. The van der Waals surface area contributed by atoms with Crippen molar-refractivity contribution >= 4 is 0 Å². The van der Waals surface area contributed by atoms with E-state index in [4.69, 9.17) is 5.26 Å². The van der Waals surface area contributed by atoms with Gasteiger partial charge in [0.25, 0.3) is 0 Å². The first-order chi connectivity index (χ1) is 5.38. The second-order valence-electron chi connectivity index (χ2n) is 2.83. The van der Waals surface area contributed by atoms with E-state index in [9.17, 15) is 0 Å². The summed E-state index contributed by atoms with van der Waals surface area (Å²) in [6.45, 7) is 10.6. The fourth-order valence-corrected chi connectivity index (χ4v) is 1.77. The van der Waals surface area contributed by atoms with Crippen molar-refractivity contribution in [3.05, 3.63) is 0 Å². The summed E-state index contributed by atoms with van der Waals surface area (Å²) in [5.41, 5.74) is 0. The minimum atomic E-state index is 0.912. The van der Waals surface area contributed by atoms with Gasteiger partial charge in [-0.15, -0.1) is 0 Å². The van der Waals surface area contributed by atoms with E-state index in [2.05, 4.69) is 25.3 Å². The van der Waals surface area contributed by atoms with Crippen molar-refractivity contribution in [2.75, 3.05) is 13.1 Å². The maximum Gasteiger partial charge on any atom is 0.0462 e. The van der Waals surface area contributed by atoms with E-state index in [-0.39, 0.29) is 0 Å². The summed E-state index contributed by atoms with van der Waals surface area (Å²) in [6, 6.07) is 0.912. The molecule has 1 aliphatic heterocycles. The SMILES string of the molecule is C#N.CCC1CCCN1CC. The second-order valence-corrected chi connectivity index (χ2v) is 2.83. The third-order valence-corrected chi connectivity index (χ3v) is 2.38. The van der Waals surface area contributed by atoms with Crippen LogP contribution in [0.5, 0.6) is 0 Å². The average Bonchev–Trinajstić information content (AvgIpc) is 2.54. The van der Waals surface area contributed by atoms with Gasteiger partial charge in [-0.05, 0) is 32.4 Å². The molecule has 1 unspecified atom stereocenters. The van der Waals surface area contributed by atoms with Crippen LogP contribution in [0.25, 0.3) is 0 Å². The monoisotopic (exact) mass is 154 g/mol. The molecule has 1 fully saturated rings. The Labute approximate surface area is 69.8 Å². The zero-order valence-electron chi connectivity index (χ0n) is 7.58. The molecular weight excluding hydrogens is 136 g/mol. The molecule has 0 N–H and O–H groups in total. The minimum absolute atomic E-state index is 0.912. The van der Waals surface area contributed by atoms with Gasteiger partial charge in [-0.2, -0.15) is 0 Å². The fourth-order valence-electron chi connectivity index (χ4n) is 1.77. The Bertz CT molecular complexity index is 99.4. The van der Waals surface area contributed by atoms with Gasteiger partial charge in [0.1, 0.15) is 0 Å². The molecule has 1 heterocycles. The largest absolute Gasteiger partial charge is 0.301 e. The lowest BCUT2D eigenvalue weighted by molar-refractivity contribution is 0.262. The van der Waals surface area contributed by atoms with Gasteiger partial charge in [0, 0.05) is 12.6 Å². The van der Waals surface area contributed by atoms with Gasteiger partial charge in [0.15, 0.2) is 0 Å². The van der Waals surface area contributed by atoms with Crippen molar-refractivity contribution < 1.29 is 0 Å². The van der Waals surface area contributed by atoms with Crippen LogP contribution in [0.4, 0.5) is 0 Å². The molecule has 0 aliphatic carbocycles. The van der Waals surface area contributed by atoms with Gasteiger partial charge in [-0.25, -0.2) is 5.26 Å². The maximum atomic E-state index is 6.50. The van der Waals surface area contributed by atoms with E-state index < -0.39 is 0 Å². The van der Waals surface area contributed by atoms with Crippen molar-refractivity contribution in [1.29, 1.82) is 5.26 Å². The van der Waals surface area contributed by atoms with E-state index in [1.54, 1.807) is 0 Å². The molecule has 1 saturated heterocycles. The first-order valence-corrected chi connectivity index (χ1v) is 4.38. The van der Waals surface area contributed by atoms with Crippen LogP contribution in [0, 0.1) is 11.8 Å². The van der Waals surface area contributed by atoms with Crippen LogP contribution in [-0.2, 0) is 0 Å². The highest BCUT2D eigenvalue weighted by atomic mass is 15.2. The summed E-state index contributed by atoms with van der Waals surface area (Å²) < 4.78 is 0. The van der Waals surface area contributed by atoms with Crippen molar-refractivity contribution in [3.8, 4) is 6.57 Å². The molecule has 1 aliphatic rings. The molecule has 0 amide bonds. The number of nitrogens with zero attached hydrogens (tertiary/aromatic N) is 2. The molecule has 0 spiro atoms. The lowest BCUT2D eigenvalue weighted by atomic mass is 10.2. The Hall–Kier alpha value is -0.550. The van der Waals surface area contributed by atoms with Crippen molar-refractivity contribution in [1.82, 2.24) is 4.90 Å². The molecule has 0 aromatic rings. The van der Waals surface area contributed by atoms with Crippen molar-refractivity contribution in [2.45, 2.75) is 39.2 Å². The summed E-state index contributed by atoms with van der Waals surface area (Å²) in [7, 11) is 0. The third-order valence-electron chi connectivity index (χ3n) is 2.38. The van der Waals surface area contributed by atoms with E-state index in [1.165, 1.54) is 32.4 Å². The third kappa shape index (κ3) is 2.90. The predicted molar refractivity (Wildman–Crippen MR) is 47.2 cm³/mol. The first-order valence-electron chi connectivity index (χ1n) is 4.38. The van der Waals surface area contributed by atoms with Gasteiger partial charge in [-0.3, -0.25) is 0 Å². The Morgan fingerprint density at radius 3 is 2.45 bits per heavy atom. The summed E-state index contributed by atoms with van der Waals surface area (Å²) >= 11 is 0. The van der Waals surface area contributed by atoms with E-state index >= 15 is 0 Å². The molecule has 1 rings (SSSR count). The molecule has 1 atom stereocenters. The number of likely N-dealkylation sites (tertiary alicyclic amines) is 1. The van der Waals surface area contributed by atoms with Crippen molar-refractivity contribution in [3.63, 3.8) is 0 Å². The van der Waals surface area contributed by atoms with E-state index in [0.29, 0.717) is 0 Å². The van der Waals surface area contributed by atoms with Crippen molar-refractivity contribution in [2.24, 2.45) is 0 Å². The molecule has 64 valence electrons. The first kappa shape index (κ1) is 10.4. The number of hydrogen-bond donors (Lipinski definition) is 0. The van der Waals surface area contributed by atoms with Crippen LogP contribution in [-0.4, -0.2) is 24.0 Å². The lowest BCUT2D eigenvalue weighted by Crippen LogP contribution is -2.28. The molecule has 2 heteroatoms. The Kier molecular flexibility index (Phi) is 5.87. The lowest BCUT2D eigenvalue weighted by Gasteiger charge is -2.20. The van der Waals surface area contributed by atoms with Gasteiger partial charge in [0.2, 0.25) is 0 Å². The van der Waals surface area contributed by atoms with Crippen LogP contribution < -0.4 is 0 Å². The standard InChI is InChI=1S/C8H17N.CHN/c1-3-8-6-5-7-9(8)4-2;1-2/h8H,3-7H2,1-2H3;1H. The molecular formula is C9H18N2. The highest BCUT2D eigenvalue weighted by Crippen LogP contribution is 2.18. The Morgan fingerprint density at radius 1 is 1.45 bits per heavy atom. The van der Waals surface area contributed by atoms with Gasteiger partial charge in [-0.1, -0.05) is 13.8 Å². The molecule has 0 bridgehead atoms. The van der Waals surface area contributed by atoms with E-state index in [0.717, 1.165) is 6.04 Å². The van der Waals surface area contributed by atoms with E-state index in [1.807, 2.05) is 0 Å². The molecule has 2 nitrogen and oxygen atoms in total. The summed E-state index contributed by atoms with van der Waals surface area (Å²) in [4.78, 5) is 2.58. The fraction of sp³-hybridized carbons (Fsp3) is 0.889. The molecule has 0 aromatic heterocycles. The van der Waals surface area contributed by atoms with Crippen LogP contribution in [0.15, 0.2) is 0 Å². The second kappa shape index (κ2) is 6.18. The quantitative estimate of drug-likeness (QED) is 0.608. The minimum Gasteiger partial charge on any atom is -0.301 e. The Morgan fingerprint density at radius 2 is 2.09 bits per heavy atom. The zero-order chi connectivity index (χ0) is 8.69. The molecule has 0 radical (unpaired) electrons. The van der Waals surface area contributed by atoms with Crippen LogP contribution in [0.2, 0.25) is 0 Å². The predicted octanol–water partition coefficient (Wildman–Crippen LogP) is 2.02. The van der Waals surface area contributed by atoms with Crippen LogP contribution in [0.1, 0.15) is 33.1 Å². The zero-order valence-corrected chi connectivity index (χ0v) is 7.58. The number of rotatable bonds is 2. The maximum absolute atomic E-state index is 6.50. The molecule has 11 heavy (non-hydrogen) atoms. The van der Waals surface area contributed by atoms with Gasteiger partial charge in [0.05, 0.1) is 0 Å². The highest BCUT2D eigenvalue weighted by molar-refractivity contribution is 4.76. The number of hydrogen-bond acceptors (Lipinski definition) is 2. The Balaban J connectivity index is 0.000000461. The molecule has 0 saturated carbocycles. The number of nitriles is 1. The summed E-state index contributed by atoms with van der Waals surface area (Å²) in [6.07, 6.45) is 4.20. The average molecular weight is 154 g/mol. The normalized spacial score (nSPS) is 24.2. The molecule has 0 aromatic carbocycles. The van der Waals surface area contributed by atoms with Crippen LogP contribution >= 0.6 is 0 Å². The van der Waals surface area contributed by atoms with Crippen LogP contribution in [0.3, 0.4) is 0 Å². The topological polar surface area (TPSA) is 27.0 Å². The highest BCUT2D eigenvalue weighted by Gasteiger charge is 2.20. The van der Waals surface area contributed by atoms with Gasteiger partial charge >= 0.3 is 0 Å². The van der Waals surface area contributed by atoms with Gasteiger partial charge < -0.3 is 4.90 Å². The summed E-state index contributed by atoms with van der Waals surface area (Å²) in [5.74, 6) is 0.